The van der Waals surface area contributed by atoms with Crippen molar-refractivity contribution < 1.29 is 14.1 Å². The van der Waals surface area contributed by atoms with Crippen molar-refractivity contribution in [2.45, 2.75) is 51.9 Å². The first-order valence-corrected chi connectivity index (χ1v) is 11.2. The first kappa shape index (κ1) is 20.5. The largest absolute Gasteiger partial charge is 0.497 e. The lowest BCUT2D eigenvalue weighted by atomic mass is 9.89. The van der Waals surface area contributed by atoms with E-state index in [0.29, 0.717) is 31.0 Å². The van der Waals surface area contributed by atoms with Crippen LogP contribution in [-0.2, 0) is 24.1 Å². The summed E-state index contributed by atoms with van der Waals surface area (Å²) >= 11 is 1.62. The number of nitrogens with one attached hydrogen (secondary N) is 1. The van der Waals surface area contributed by atoms with Crippen LogP contribution in [0.25, 0.3) is 11.4 Å². The Balaban J connectivity index is 1.25. The molecule has 30 heavy (non-hydrogen) atoms. The zero-order valence-corrected chi connectivity index (χ0v) is 18.1. The van der Waals surface area contributed by atoms with Crippen LogP contribution < -0.4 is 10.1 Å². The zero-order chi connectivity index (χ0) is 20.9. The monoisotopic (exact) mass is 426 g/mol. The fourth-order valence-electron chi connectivity index (χ4n) is 3.64. The number of ether oxygens (including phenoxy) is 1. The van der Waals surface area contributed by atoms with E-state index in [1.807, 2.05) is 24.3 Å². The van der Waals surface area contributed by atoms with Gasteiger partial charge in [-0.05, 0) is 55.9 Å². The van der Waals surface area contributed by atoms with Gasteiger partial charge < -0.3 is 14.6 Å². The molecule has 1 aliphatic rings. The molecule has 1 atom stereocenters. The molecule has 2 heterocycles. The minimum Gasteiger partial charge on any atom is -0.497 e. The van der Waals surface area contributed by atoms with Crippen LogP contribution in [0.15, 0.2) is 28.8 Å². The maximum Gasteiger partial charge on any atom is 0.226 e. The fraction of sp³-hybridized carbons (Fsp3) is 0.455. The Kier molecular flexibility index (Phi) is 6.42. The second-order valence-corrected chi connectivity index (χ2v) is 8.63. The predicted octanol–water partition coefficient (Wildman–Crippen LogP) is 4.68. The SMILES string of the molecule is CCC1CCc2nc(NC(=O)CCCc3nc(-c4ccc(OC)cc4)no3)sc2C1. The van der Waals surface area contributed by atoms with Gasteiger partial charge in [0.2, 0.25) is 17.6 Å². The Labute approximate surface area is 179 Å². The number of nitrogens with zero attached hydrogens (tertiary/aromatic N) is 3. The molecular weight excluding hydrogens is 400 g/mol. The normalized spacial score (nSPS) is 15.6. The van der Waals surface area contributed by atoms with Crippen molar-refractivity contribution >= 4 is 22.4 Å². The van der Waals surface area contributed by atoms with Gasteiger partial charge in [0.25, 0.3) is 0 Å². The van der Waals surface area contributed by atoms with Gasteiger partial charge in [0, 0.05) is 23.3 Å². The number of amides is 1. The molecule has 0 aliphatic heterocycles. The maximum absolute atomic E-state index is 12.3. The van der Waals surface area contributed by atoms with Crippen LogP contribution in [0, 0.1) is 5.92 Å². The van der Waals surface area contributed by atoms with Gasteiger partial charge in [-0.2, -0.15) is 4.98 Å². The number of aryl methyl sites for hydroxylation is 2. The van der Waals surface area contributed by atoms with E-state index < -0.39 is 0 Å². The standard InChI is InChI=1S/C22H26N4O3S/c1-3-14-7-12-17-18(13-14)30-22(23-17)24-19(27)5-4-6-20-25-21(26-29-20)15-8-10-16(28-2)11-9-15/h8-11,14H,3-7,12-13H2,1-2H3,(H,23,24,27). The van der Waals surface area contributed by atoms with Crippen LogP contribution in [0.5, 0.6) is 5.75 Å². The third-order valence-electron chi connectivity index (χ3n) is 5.48. The molecule has 4 rings (SSSR count). The molecule has 3 aromatic rings. The number of fused-ring (bicyclic) bond motifs is 1. The fourth-order valence-corrected chi connectivity index (χ4v) is 4.78. The summed E-state index contributed by atoms with van der Waals surface area (Å²) in [6.07, 6.45) is 6.10. The number of carbonyl (C=O) groups is 1. The highest BCUT2D eigenvalue weighted by Gasteiger charge is 2.22. The van der Waals surface area contributed by atoms with E-state index in [-0.39, 0.29) is 5.91 Å². The van der Waals surface area contributed by atoms with E-state index in [4.69, 9.17) is 9.26 Å². The Morgan fingerprint density at radius 1 is 1.30 bits per heavy atom. The highest BCUT2D eigenvalue weighted by atomic mass is 32.1. The first-order chi connectivity index (χ1) is 14.6. The molecule has 1 N–H and O–H groups in total. The summed E-state index contributed by atoms with van der Waals surface area (Å²) in [4.78, 5) is 22.7. The number of hydrogen-bond donors (Lipinski definition) is 1. The average molecular weight is 427 g/mol. The molecule has 1 amide bonds. The Morgan fingerprint density at radius 3 is 2.90 bits per heavy atom. The Morgan fingerprint density at radius 2 is 2.13 bits per heavy atom. The van der Waals surface area contributed by atoms with Gasteiger partial charge >= 0.3 is 0 Å². The van der Waals surface area contributed by atoms with E-state index in [2.05, 4.69) is 27.4 Å². The van der Waals surface area contributed by atoms with Crippen LogP contribution in [0.4, 0.5) is 5.13 Å². The quantitative estimate of drug-likeness (QED) is 0.562. The predicted molar refractivity (Wildman–Crippen MR) is 116 cm³/mol. The summed E-state index contributed by atoms with van der Waals surface area (Å²) in [5.74, 6) is 2.57. The van der Waals surface area contributed by atoms with Gasteiger partial charge in [0.05, 0.1) is 12.8 Å². The van der Waals surface area contributed by atoms with Gasteiger partial charge in [0.15, 0.2) is 5.13 Å². The first-order valence-electron chi connectivity index (χ1n) is 10.4. The van der Waals surface area contributed by atoms with Crippen LogP contribution in [0.3, 0.4) is 0 Å². The zero-order valence-electron chi connectivity index (χ0n) is 17.3. The second kappa shape index (κ2) is 9.38. The van der Waals surface area contributed by atoms with Crippen molar-refractivity contribution in [3.63, 3.8) is 0 Å². The summed E-state index contributed by atoms with van der Waals surface area (Å²) in [5, 5.41) is 7.70. The topological polar surface area (TPSA) is 90.1 Å². The summed E-state index contributed by atoms with van der Waals surface area (Å²) < 4.78 is 10.5. The van der Waals surface area contributed by atoms with E-state index in [1.54, 1.807) is 18.4 Å². The number of hydrogen-bond acceptors (Lipinski definition) is 7. The highest BCUT2D eigenvalue weighted by molar-refractivity contribution is 7.15. The van der Waals surface area contributed by atoms with Crippen LogP contribution in [0.1, 0.15) is 49.1 Å². The third kappa shape index (κ3) is 4.87. The molecule has 0 spiro atoms. The summed E-state index contributed by atoms with van der Waals surface area (Å²) in [6.45, 7) is 2.24. The van der Waals surface area contributed by atoms with Gasteiger partial charge in [-0.15, -0.1) is 11.3 Å². The molecule has 0 saturated carbocycles. The molecule has 0 radical (unpaired) electrons. The van der Waals surface area contributed by atoms with Gasteiger partial charge in [-0.1, -0.05) is 18.5 Å². The molecule has 1 unspecified atom stereocenters. The average Bonchev–Trinajstić information content (AvgIpc) is 3.39. The second-order valence-electron chi connectivity index (χ2n) is 7.55. The Bertz CT molecular complexity index is 996. The molecule has 7 nitrogen and oxygen atoms in total. The molecule has 1 aliphatic carbocycles. The van der Waals surface area contributed by atoms with Crippen LogP contribution in [0.2, 0.25) is 0 Å². The van der Waals surface area contributed by atoms with Crippen molar-refractivity contribution in [3.8, 4) is 17.1 Å². The van der Waals surface area contributed by atoms with E-state index >= 15 is 0 Å². The molecule has 0 fully saturated rings. The minimum atomic E-state index is -0.0250. The molecule has 0 saturated heterocycles. The number of benzene rings is 1. The minimum absolute atomic E-state index is 0.0250. The van der Waals surface area contributed by atoms with Crippen LogP contribution in [-0.4, -0.2) is 28.1 Å². The highest BCUT2D eigenvalue weighted by Crippen LogP contribution is 2.33. The van der Waals surface area contributed by atoms with Crippen molar-refractivity contribution in [1.29, 1.82) is 0 Å². The number of anilines is 1. The molecule has 8 heteroatoms. The van der Waals surface area contributed by atoms with Crippen molar-refractivity contribution in [3.05, 3.63) is 40.7 Å². The third-order valence-corrected chi connectivity index (χ3v) is 6.51. The summed E-state index contributed by atoms with van der Waals surface area (Å²) in [7, 11) is 1.63. The number of rotatable bonds is 8. The summed E-state index contributed by atoms with van der Waals surface area (Å²) in [5.41, 5.74) is 2.03. The van der Waals surface area contributed by atoms with Crippen molar-refractivity contribution in [2.75, 3.05) is 12.4 Å². The molecule has 0 bridgehead atoms. The van der Waals surface area contributed by atoms with Crippen molar-refractivity contribution in [1.82, 2.24) is 15.1 Å². The lowest BCUT2D eigenvalue weighted by molar-refractivity contribution is -0.116. The smallest absolute Gasteiger partial charge is 0.226 e. The lowest BCUT2D eigenvalue weighted by Crippen LogP contribution is -2.12. The van der Waals surface area contributed by atoms with Gasteiger partial charge in [-0.3, -0.25) is 4.79 Å². The molecular formula is C22H26N4O3S. The number of carbonyl (C=O) groups excluding carboxylic acids is 1. The number of aromatic nitrogens is 3. The molecule has 2 aromatic heterocycles. The van der Waals surface area contributed by atoms with Gasteiger partial charge in [0.1, 0.15) is 5.75 Å². The number of thiazole rings is 1. The van der Waals surface area contributed by atoms with Crippen molar-refractivity contribution in [2.24, 2.45) is 5.92 Å². The van der Waals surface area contributed by atoms with E-state index in [1.165, 1.54) is 17.7 Å². The lowest BCUT2D eigenvalue weighted by Gasteiger charge is -2.18. The Hall–Kier alpha value is -2.74. The number of methoxy groups -OCH3 is 1. The van der Waals surface area contributed by atoms with Crippen LogP contribution >= 0.6 is 11.3 Å². The van der Waals surface area contributed by atoms with E-state index in [0.717, 1.165) is 40.9 Å². The van der Waals surface area contributed by atoms with E-state index in [9.17, 15) is 4.79 Å². The molecule has 1 aromatic carbocycles. The van der Waals surface area contributed by atoms with Gasteiger partial charge in [-0.25, -0.2) is 4.98 Å². The summed E-state index contributed by atoms with van der Waals surface area (Å²) in [6, 6.07) is 7.48. The molecule has 158 valence electrons. The maximum atomic E-state index is 12.3.